The summed E-state index contributed by atoms with van der Waals surface area (Å²) in [5, 5.41) is 9.45. The van der Waals surface area contributed by atoms with Gasteiger partial charge in [-0.05, 0) is 37.0 Å². The van der Waals surface area contributed by atoms with Gasteiger partial charge in [-0.2, -0.15) is 11.8 Å². The van der Waals surface area contributed by atoms with E-state index >= 15 is 0 Å². The molecule has 4 heteroatoms. The molecule has 0 spiro atoms. The second kappa shape index (κ2) is 5.04. The van der Waals surface area contributed by atoms with E-state index in [2.05, 4.69) is 18.7 Å². The van der Waals surface area contributed by atoms with Crippen LogP contribution in [0.15, 0.2) is 0 Å². The highest BCUT2D eigenvalue weighted by Gasteiger charge is 2.46. The van der Waals surface area contributed by atoms with E-state index in [0.717, 1.165) is 25.9 Å². The number of carboxylic acids is 1. The second-order valence-electron chi connectivity index (χ2n) is 6.70. The normalized spacial score (nSPS) is 36.7. The largest absolute Gasteiger partial charge is 0.481 e. The number of hydrogen-bond donors (Lipinski definition) is 1. The fraction of sp³-hybridized carbons (Fsp3) is 0.929. The third-order valence-corrected chi connectivity index (χ3v) is 6.23. The van der Waals surface area contributed by atoms with E-state index in [-0.39, 0.29) is 0 Å². The van der Waals surface area contributed by atoms with E-state index in [1.165, 1.54) is 17.9 Å². The van der Waals surface area contributed by atoms with Gasteiger partial charge in [0.15, 0.2) is 0 Å². The van der Waals surface area contributed by atoms with Crippen molar-refractivity contribution in [3.8, 4) is 0 Å². The van der Waals surface area contributed by atoms with Gasteiger partial charge in [0.1, 0.15) is 0 Å². The Morgan fingerprint density at radius 2 is 2.22 bits per heavy atom. The van der Waals surface area contributed by atoms with Crippen LogP contribution in [0.1, 0.15) is 40.0 Å². The molecule has 0 saturated carbocycles. The lowest BCUT2D eigenvalue weighted by Gasteiger charge is -2.39. The number of aliphatic carboxylic acids is 1. The minimum atomic E-state index is -0.602. The van der Waals surface area contributed by atoms with E-state index < -0.39 is 11.4 Å². The Balaban J connectivity index is 2.02. The maximum Gasteiger partial charge on any atom is 0.310 e. The molecule has 104 valence electrons. The predicted molar refractivity (Wildman–Crippen MR) is 76.1 cm³/mol. The Hall–Kier alpha value is -0.220. The average Bonchev–Trinajstić information content (AvgIpc) is 2.73. The standard InChI is InChI=1S/C14H25NO2S/c1-4-14(12(16)17)5-6-15(9-14)11-7-13(2,3)10-18-8-11/h11H,4-10H2,1-3H3,(H,16,17). The zero-order valence-corrected chi connectivity index (χ0v) is 12.6. The highest BCUT2D eigenvalue weighted by Crippen LogP contribution is 2.41. The number of nitrogens with zero attached hydrogens (tertiary/aromatic N) is 1. The van der Waals surface area contributed by atoms with Gasteiger partial charge in [-0.15, -0.1) is 0 Å². The van der Waals surface area contributed by atoms with Crippen LogP contribution in [0.3, 0.4) is 0 Å². The molecule has 18 heavy (non-hydrogen) atoms. The number of carboxylic acid groups (broad SMARTS) is 1. The summed E-state index contributed by atoms with van der Waals surface area (Å²) >= 11 is 2.02. The monoisotopic (exact) mass is 271 g/mol. The molecule has 0 bridgehead atoms. The van der Waals surface area contributed by atoms with Crippen molar-refractivity contribution in [1.29, 1.82) is 0 Å². The maximum atomic E-state index is 11.5. The molecule has 0 radical (unpaired) electrons. The Labute approximate surface area is 114 Å². The molecule has 2 unspecified atom stereocenters. The van der Waals surface area contributed by atoms with Crippen LogP contribution in [-0.2, 0) is 4.79 Å². The molecule has 0 aliphatic carbocycles. The third-order valence-electron chi connectivity index (χ3n) is 4.62. The molecule has 2 saturated heterocycles. The smallest absolute Gasteiger partial charge is 0.310 e. The summed E-state index contributed by atoms with van der Waals surface area (Å²) in [6.45, 7) is 8.37. The van der Waals surface area contributed by atoms with E-state index in [1.54, 1.807) is 0 Å². The molecule has 2 rings (SSSR count). The molecule has 0 aromatic heterocycles. The van der Waals surface area contributed by atoms with Crippen molar-refractivity contribution in [3.63, 3.8) is 0 Å². The molecule has 0 aromatic rings. The van der Waals surface area contributed by atoms with Crippen molar-refractivity contribution in [2.45, 2.75) is 46.1 Å². The van der Waals surface area contributed by atoms with Gasteiger partial charge in [0.05, 0.1) is 5.41 Å². The minimum absolute atomic E-state index is 0.397. The molecular formula is C14H25NO2S. The lowest BCUT2D eigenvalue weighted by Crippen LogP contribution is -2.44. The van der Waals surface area contributed by atoms with Crippen molar-refractivity contribution in [1.82, 2.24) is 4.90 Å². The molecule has 2 atom stereocenters. The fourth-order valence-electron chi connectivity index (χ4n) is 3.29. The van der Waals surface area contributed by atoms with Gasteiger partial charge in [0.2, 0.25) is 0 Å². The molecule has 2 heterocycles. The molecule has 2 aliphatic rings. The van der Waals surface area contributed by atoms with Crippen LogP contribution < -0.4 is 0 Å². The van der Waals surface area contributed by atoms with Crippen molar-refractivity contribution < 1.29 is 9.90 Å². The molecule has 0 aromatic carbocycles. The van der Waals surface area contributed by atoms with Gasteiger partial charge in [0, 0.05) is 18.3 Å². The SMILES string of the molecule is CCC1(C(=O)O)CCN(C2CSCC(C)(C)C2)C1. The Bertz CT molecular complexity index is 332. The summed E-state index contributed by atoms with van der Waals surface area (Å²) in [7, 11) is 0. The predicted octanol–water partition coefficient (Wildman–Crippen LogP) is 2.70. The van der Waals surface area contributed by atoms with Crippen LogP contribution in [0.4, 0.5) is 0 Å². The number of thioether (sulfide) groups is 1. The van der Waals surface area contributed by atoms with Crippen LogP contribution in [0.5, 0.6) is 0 Å². The highest BCUT2D eigenvalue weighted by molar-refractivity contribution is 7.99. The first kappa shape index (κ1) is 14.2. The molecule has 2 aliphatic heterocycles. The lowest BCUT2D eigenvalue weighted by molar-refractivity contribution is -0.148. The van der Waals surface area contributed by atoms with Gasteiger partial charge < -0.3 is 5.11 Å². The van der Waals surface area contributed by atoms with E-state index in [1.807, 2.05) is 18.7 Å². The zero-order valence-electron chi connectivity index (χ0n) is 11.7. The average molecular weight is 271 g/mol. The lowest BCUT2D eigenvalue weighted by atomic mass is 9.84. The van der Waals surface area contributed by atoms with E-state index in [9.17, 15) is 9.90 Å². The van der Waals surface area contributed by atoms with Crippen LogP contribution in [0.25, 0.3) is 0 Å². The summed E-state index contributed by atoms with van der Waals surface area (Å²) < 4.78 is 0. The molecule has 2 fully saturated rings. The molecule has 0 amide bonds. The maximum absolute atomic E-state index is 11.5. The van der Waals surface area contributed by atoms with E-state index in [4.69, 9.17) is 0 Å². The summed E-state index contributed by atoms with van der Waals surface area (Å²) in [6.07, 6.45) is 2.78. The Morgan fingerprint density at radius 1 is 1.50 bits per heavy atom. The number of hydrogen-bond acceptors (Lipinski definition) is 3. The van der Waals surface area contributed by atoms with Crippen molar-refractivity contribution in [3.05, 3.63) is 0 Å². The van der Waals surface area contributed by atoms with Gasteiger partial charge in [-0.1, -0.05) is 20.8 Å². The third kappa shape index (κ3) is 2.69. The first-order chi connectivity index (χ1) is 8.38. The van der Waals surface area contributed by atoms with Crippen LogP contribution in [-0.4, -0.2) is 46.6 Å². The number of rotatable bonds is 3. The highest BCUT2D eigenvalue weighted by atomic mass is 32.2. The van der Waals surface area contributed by atoms with Gasteiger partial charge in [-0.3, -0.25) is 9.69 Å². The molecule has 1 N–H and O–H groups in total. The van der Waals surface area contributed by atoms with E-state index in [0.29, 0.717) is 11.5 Å². The summed E-state index contributed by atoms with van der Waals surface area (Å²) in [6, 6.07) is 0.575. The van der Waals surface area contributed by atoms with Gasteiger partial charge in [-0.25, -0.2) is 0 Å². The molecular weight excluding hydrogens is 246 g/mol. The quantitative estimate of drug-likeness (QED) is 0.857. The van der Waals surface area contributed by atoms with Gasteiger partial charge >= 0.3 is 5.97 Å². The summed E-state index contributed by atoms with van der Waals surface area (Å²) in [4.78, 5) is 13.9. The number of likely N-dealkylation sites (tertiary alicyclic amines) is 1. The first-order valence-electron chi connectivity index (χ1n) is 6.94. The summed E-state index contributed by atoms with van der Waals surface area (Å²) in [5.74, 6) is 1.80. The molecule has 3 nitrogen and oxygen atoms in total. The van der Waals surface area contributed by atoms with Crippen LogP contribution in [0.2, 0.25) is 0 Å². The first-order valence-corrected chi connectivity index (χ1v) is 8.09. The van der Waals surface area contributed by atoms with Crippen molar-refractivity contribution in [2.75, 3.05) is 24.6 Å². The zero-order chi connectivity index (χ0) is 13.4. The number of carbonyl (C=O) groups is 1. The van der Waals surface area contributed by atoms with Gasteiger partial charge in [0.25, 0.3) is 0 Å². The Kier molecular flexibility index (Phi) is 3.98. The van der Waals surface area contributed by atoms with Crippen molar-refractivity contribution in [2.24, 2.45) is 10.8 Å². The van der Waals surface area contributed by atoms with Crippen LogP contribution >= 0.6 is 11.8 Å². The van der Waals surface area contributed by atoms with Crippen LogP contribution in [0, 0.1) is 10.8 Å². The minimum Gasteiger partial charge on any atom is -0.481 e. The summed E-state index contributed by atoms with van der Waals surface area (Å²) in [5.41, 5.74) is -0.0828. The Morgan fingerprint density at radius 3 is 2.72 bits per heavy atom. The second-order valence-corrected chi connectivity index (χ2v) is 7.73. The fourth-order valence-corrected chi connectivity index (χ4v) is 4.68. The topological polar surface area (TPSA) is 40.5 Å². The van der Waals surface area contributed by atoms with Crippen molar-refractivity contribution >= 4 is 17.7 Å².